The van der Waals surface area contributed by atoms with E-state index in [0.29, 0.717) is 0 Å². The molecule has 0 fully saturated rings. The second-order valence-electron chi connectivity index (χ2n) is 5.71. The van der Waals surface area contributed by atoms with Crippen molar-refractivity contribution in [3.05, 3.63) is 69.1 Å². The van der Waals surface area contributed by atoms with Crippen LogP contribution >= 0.6 is 11.3 Å². The van der Waals surface area contributed by atoms with Crippen LogP contribution in [-0.4, -0.2) is 22.9 Å². The number of hydrogen-bond donors (Lipinski definition) is 1. The normalized spacial score (nSPS) is 11.2. The summed E-state index contributed by atoms with van der Waals surface area (Å²) >= 11 is 1.02. The fraction of sp³-hybridized carbons (Fsp3) is 0.111. The molecular weight excluding hydrogens is 411 g/mol. The van der Waals surface area contributed by atoms with Gasteiger partial charge in [0, 0.05) is 22.6 Å². The van der Waals surface area contributed by atoms with Crippen LogP contribution in [0.15, 0.2) is 47.8 Å². The van der Waals surface area contributed by atoms with Crippen LogP contribution in [0.3, 0.4) is 0 Å². The lowest BCUT2D eigenvalue weighted by Gasteiger charge is -2.07. The largest absolute Gasteiger partial charge is 0.490 e. The first kappa shape index (κ1) is 20.3. The third-order valence-electron chi connectivity index (χ3n) is 3.85. The SMILES string of the molecule is COc1ccc(C(=O)Nc2nc(-c3cccc(C(F)(F)F)c3)cs2)cc1[N+](=O)[O-]. The number of carbonyl (C=O) groups is 1. The highest BCUT2D eigenvalue weighted by Crippen LogP contribution is 2.33. The summed E-state index contributed by atoms with van der Waals surface area (Å²) in [6.07, 6.45) is -4.48. The van der Waals surface area contributed by atoms with Crippen molar-refractivity contribution in [1.29, 1.82) is 0 Å². The lowest BCUT2D eigenvalue weighted by atomic mass is 10.1. The van der Waals surface area contributed by atoms with Crippen LogP contribution in [0, 0.1) is 10.1 Å². The Morgan fingerprint density at radius 1 is 1.24 bits per heavy atom. The number of benzene rings is 2. The van der Waals surface area contributed by atoms with Crippen LogP contribution < -0.4 is 10.1 Å². The Balaban J connectivity index is 1.81. The van der Waals surface area contributed by atoms with Crippen molar-refractivity contribution < 1.29 is 27.6 Å². The molecule has 0 unspecified atom stereocenters. The Hall–Kier alpha value is -3.47. The molecule has 0 bridgehead atoms. The zero-order chi connectivity index (χ0) is 21.2. The number of rotatable bonds is 5. The van der Waals surface area contributed by atoms with E-state index in [0.717, 1.165) is 29.5 Å². The highest BCUT2D eigenvalue weighted by molar-refractivity contribution is 7.14. The van der Waals surface area contributed by atoms with E-state index in [9.17, 15) is 28.1 Å². The summed E-state index contributed by atoms with van der Waals surface area (Å²) in [6, 6.07) is 8.37. The van der Waals surface area contributed by atoms with Gasteiger partial charge in [-0.05, 0) is 24.3 Å². The Bertz CT molecular complexity index is 1080. The molecule has 29 heavy (non-hydrogen) atoms. The molecule has 150 valence electrons. The number of carbonyl (C=O) groups excluding carboxylic acids is 1. The smallest absolute Gasteiger partial charge is 0.416 e. The van der Waals surface area contributed by atoms with Crippen LogP contribution in [-0.2, 0) is 6.18 Å². The molecule has 3 aromatic rings. The van der Waals surface area contributed by atoms with E-state index in [1.807, 2.05) is 0 Å². The van der Waals surface area contributed by atoms with Crippen molar-refractivity contribution in [2.45, 2.75) is 6.18 Å². The maximum atomic E-state index is 12.9. The molecule has 0 atom stereocenters. The zero-order valence-corrected chi connectivity index (χ0v) is 15.5. The summed E-state index contributed by atoms with van der Waals surface area (Å²) in [4.78, 5) is 26.9. The van der Waals surface area contributed by atoms with Gasteiger partial charge in [0.15, 0.2) is 10.9 Å². The highest BCUT2D eigenvalue weighted by atomic mass is 32.1. The second kappa shape index (κ2) is 7.87. The van der Waals surface area contributed by atoms with Crippen molar-refractivity contribution in [3.8, 4) is 17.0 Å². The molecule has 2 aromatic carbocycles. The summed E-state index contributed by atoms with van der Waals surface area (Å²) in [5, 5.41) is 15.2. The molecule has 0 radical (unpaired) electrons. The van der Waals surface area contributed by atoms with Gasteiger partial charge in [0.05, 0.1) is 23.3 Å². The molecule has 1 amide bonds. The number of amides is 1. The maximum absolute atomic E-state index is 12.9. The Labute approximate surface area is 165 Å². The van der Waals surface area contributed by atoms with E-state index in [4.69, 9.17) is 4.74 Å². The lowest BCUT2D eigenvalue weighted by Crippen LogP contribution is -2.12. The fourth-order valence-electron chi connectivity index (χ4n) is 2.46. The molecule has 0 saturated carbocycles. The van der Waals surface area contributed by atoms with Crippen LogP contribution in [0.2, 0.25) is 0 Å². The summed E-state index contributed by atoms with van der Waals surface area (Å²) in [6.45, 7) is 0. The monoisotopic (exact) mass is 423 g/mol. The van der Waals surface area contributed by atoms with Crippen LogP contribution in [0.5, 0.6) is 5.75 Å². The van der Waals surface area contributed by atoms with Crippen molar-refractivity contribution >= 4 is 28.1 Å². The molecule has 0 aliphatic carbocycles. The Morgan fingerprint density at radius 3 is 2.66 bits per heavy atom. The molecule has 1 aromatic heterocycles. The number of anilines is 1. The number of nitro benzene ring substituents is 1. The van der Waals surface area contributed by atoms with Gasteiger partial charge < -0.3 is 4.74 Å². The van der Waals surface area contributed by atoms with E-state index in [1.165, 1.54) is 36.8 Å². The number of ether oxygens (including phenoxy) is 1. The number of halogens is 3. The van der Waals surface area contributed by atoms with Crippen molar-refractivity contribution in [3.63, 3.8) is 0 Å². The highest BCUT2D eigenvalue weighted by Gasteiger charge is 2.30. The van der Waals surface area contributed by atoms with Gasteiger partial charge in [-0.15, -0.1) is 11.3 Å². The van der Waals surface area contributed by atoms with Gasteiger partial charge >= 0.3 is 11.9 Å². The number of nitro groups is 1. The van der Waals surface area contributed by atoms with Gasteiger partial charge in [0.25, 0.3) is 5.91 Å². The van der Waals surface area contributed by atoms with Gasteiger partial charge in [0.2, 0.25) is 0 Å². The molecular formula is C18H12F3N3O4S. The first-order valence-electron chi connectivity index (χ1n) is 7.96. The maximum Gasteiger partial charge on any atom is 0.416 e. The van der Waals surface area contributed by atoms with Crippen molar-refractivity contribution in [2.24, 2.45) is 0 Å². The van der Waals surface area contributed by atoms with Crippen LogP contribution in [0.25, 0.3) is 11.3 Å². The predicted octanol–water partition coefficient (Wildman–Crippen LogP) is 5.00. The first-order chi connectivity index (χ1) is 13.7. The van der Waals surface area contributed by atoms with E-state index < -0.39 is 22.6 Å². The number of thiazole rings is 1. The molecule has 0 aliphatic rings. The van der Waals surface area contributed by atoms with E-state index in [-0.39, 0.29) is 33.4 Å². The minimum absolute atomic E-state index is 0.00707. The topological polar surface area (TPSA) is 94.4 Å². The number of alkyl halides is 3. The zero-order valence-electron chi connectivity index (χ0n) is 14.7. The van der Waals surface area contributed by atoms with Crippen LogP contribution in [0.4, 0.5) is 24.0 Å². The minimum Gasteiger partial charge on any atom is -0.490 e. The summed E-state index contributed by atoms with van der Waals surface area (Å²) in [7, 11) is 1.27. The summed E-state index contributed by atoms with van der Waals surface area (Å²) in [5.74, 6) is -0.645. The number of nitrogens with zero attached hydrogens (tertiary/aromatic N) is 2. The van der Waals surface area contributed by atoms with Gasteiger partial charge in [-0.3, -0.25) is 20.2 Å². The van der Waals surface area contributed by atoms with Gasteiger partial charge in [-0.1, -0.05) is 12.1 Å². The number of nitrogens with one attached hydrogen (secondary N) is 1. The molecule has 7 nitrogen and oxygen atoms in total. The van der Waals surface area contributed by atoms with Crippen LogP contribution in [0.1, 0.15) is 15.9 Å². The number of hydrogen-bond acceptors (Lipinski definition) is 6. The molecule has 3 rings (SSSR count). The second-order valence-corrected chi connectivity index (χ2v) is 6.57. The number of methoxy groups -OCH3 is 1. The molecule has 0 saturated heterocycles. The average Bonchev–Trinajstić information content (AvgIpc) is 3.15. The third kappa shape index (κ3) is 4.51. The first-order valence-corrected chi connectivity index (χ1v) is 8.84. The molecule has 1 N–H and O–H groups in total. The molecule has 0 spiro atoms. The van der Waals surface area contributed by atoms with Crippen molar-refractivity contribution in [1.82, 2.24) is 4.98 Å². The van der Waals surface area contributed by atoms with Gasteiger partial charge in [-0.2, -0.15) is 13.2 Å². The molecule has 11 heteroatoms. The van der Waals surface area contributed by atoms with E-state index >= 15 is 0 Å². The van der Waals surface area contributed by atoms with Crippen molar-refractivity contribution in [2.75, 3.05) is 12.4 Å². The number of aromatic nitrogens is 1. The Kier molecular flexibility index (Phi) is 5.50. The predicted molar refractivity (Wildman–Crippen MR) is 100 cm³/mol. The van der Waals surface area contributed by atoms with Gasteiger partial charge in [0.1, 0.15) is 0 Å². The summed E-state index contributed by atoms with van der Waals surface area (Å²) < 4.78 is 43.5. The summed E-state index contributed by atoms with van der Waals surface area (Å²) in [5.41, 5.74) is -0.662. The van der Waals surface area contributed by atoms with E-state index in [2.05, 4.69) is 10.3 Å². The molecule has 1 heterocycles. The van der Waals surface area contributed by atoms with Gasteiger partial charge in [-0.25, -0.2) is 4.98 Å². The Morgan fingerprint density at radius 2 is 2.00 bits per heavy atom. The van der Waals surface area contributed by atoms with E-state index in [1.54, 1.807) is 0 Å². The lowest BCUT2D eigenvalue weighted by molar-refractivity contribution is -0.385. The standard InChI is InChI=1S/C18H12F3N3O4S/c1-28-15-6-5-11(8-14(15)24(26)27)16(25)23-17-22-13(9-29-17)10-3-2-4-12(7-10)18(19,20)21/h2-9H,1H3,(H,22,23,25). The fourth-order valence-corrected chi connectivity index (χ4v) is 3.18. The minimum atomic E-state index is -4.48. The third-order valence-corrected chi connectivity index (χ3v) is 4.61. The average molecular weight is 423 g/mol. The molecule has 0 aliphatic heterocycles. The quantitative estimate of drug-likeness (QED) is 0.460.